The third-order valence-electron chi connectivity index (χ3n) is 10.8. The number of hydrogen-bond donors (Lipinski definition) is 0. The van der Waals surface area contributed by atoms with E-state index in [2.05, 4.69) is 109 Å². The van der Waals surface area contributed by atoms with Gasteiger partial charge in [0.05, 0.1) is 11.0 Å². The van der Waals surface area contributed by atoms with E-state index in [-0.39, 0.29) is 0 Å². The van der Waals surface area contributed by atoms with Gasteiger partial charge in [-0.05, 0) is 71.0 Å². The van der Waals surface area contributed by atoms with Crippen molar-refractivity contribution in [3.63, 3.8) is 0 Å². The normalized spacial score (nSPS) is 12.1. The van der Waals surface area contributed by atoms with E-state index < -0.39 is 0 Å². The van der Waals surface area contributed by atoms with E-state index in [1.54, 1.807) is 11.3 Å². The van der Waals surface area contributed by atoms with E-state index in [4.69, 9.17) is 19.4 Å². The van der Waals surface area contributed by atoms with Gasteiger partial charge in [-0.25, -0.2) is 15.0 Å². The smallest absolute Gasteiger partial charge is 0.164 e. The molecule has 5 nitrogen and oxygen atoms in total. The van der Waals surface area contributed by atoms with E-state index >= 15 is 0 Å². The van der Waals surface area contributed by atoms with Gasteiger partial charge in [0.2, 0.25) is 0 Å². The van der Waals surface area contributed by atoms with Crippen molar-refractivity contribution in [2.75, 3.05) is 0 Å². The molecule has 0 atom stereocenters. The molecule has 0 spiro atoms. The molecule has 0 fully saturated rings. The zero-order chi connectivity index (χ0) is 38.0. The van der Waals surface area contributed by atoms with Crippen LogP contribution in [0.15, 0.2) is 175 Å². The van der Waals surface area contributed by atoms with E-state index in [0.29, 0.717) is 17.5 Å². The summed E-state index contributed by atoms with van der Waals surface area (Å²) in [4.78, 5) is 15.1. The number of para-hydroxylation sites is 1. The molecule has 57 heavy (non-hydrogen) atoms. The highest BCUT2D eigenvalue weighted by Crippen LogP contribution is 2.41. The average molecular weight is 749 g/mol. The maximum absolute atomic E-state index is 6.51. The number of rotatable bonds is 6. The fraction of sp³-hybridized carbons (Fsp3) is 0. The van der Waals surface area contributed by atoms with E-state index in [1.807, 2.05) is 78.9 Å². The van der Waals surface area contributed by atoms with Gasteiger partial charge >= 0.3 is 0 Å². The average Bonchev–Trinajstić information content (AvgIpc) is 3.92. The molecule has 0 saturated carbocycles. The Morgan fingerprint density at radius 1 is 0.526 bits per heavy atom. The number of nitrogens with zero attached hydrogens (tertiary/aromatic N) is 4. The van der Waals surface area contributed by atoms with Crippen LogP contribution in [0.5, 0.6) is 0 Å². The molecule has 0 aliphatic heterocycles. The monoisotopic (exact) mass is 748 g/mol. The van der Waals surface area contributed by atoms with Gasteiger partial charge in [0.25, 0.3) is 0 Å². The van der Waals surface area contributed by atoms with Crippen LogP contribution in [0.1, 0.15) is 0 Å². The first-order valence-corrected chi connectivity index (χ1v) is 19.6. The van der Waals surface area contributed by atoms with Crippen LogP contribution >= 0.6 is 11.3 Å². The summed E-state index contributed by atoms with van der Waals surface area (Å²) in [7, 11) is 0. The predicted octanol–water partition coefficient (Wildman–Crippen LogP) is 12.1. The Hall–Kier alpha value is -7.41. The Morgan fingerprint density at radius 2 is 1.16 bits per heavy atom. The second-order valence-corrected chi connectivity index (χ2v) is 15.2. The number of hydrogen-bond acceptors (Lipinski definition) is 5. The van der Waals surface area contributed by atoms with Crippen LogP contribution in [0.2, 0.25) is 0 Å². The summed E-state index contributed by atoms with van der Waals surface area (Å²) < 4.78 is 11.2. The SMILES string of the molecule is C=C/C=c1/sc2c(ccc3c2c2cc(-c4ccc5oc6cccc(-c7nc(-c8ccccc8)nc(-c8ccccc8)n7)c6c5c4)ccc2n3-c2ccccc2)c1=C. The van der Waals surface area contributed by atoms with E-state index in [9.17, 15) is 0 Å². The van der Waals surface area contributed by atoms with Crippen molar-refractivity contribution in [1.82, 2.24) is 19.5 Å². The third-order valence-corrected chi connectivity index (χ3v) is 12.0. The Balaban J connectivity index is 1.13. The second kappa shape index (κ2) is 13.1. The Labute approximate surface area is 331 Å². The molecule has 0 bridgehead atoms. The minimum absolute atomic E-state index is 0.592. The second-order valence-electron chi connectivity index (χ2n) is 14.1. The molecule has 0 N–H and O–H groups in total. The van der Waals surface area contributed by atoms with Crippen molar-refractivity contribution in [1.29, 1.82) is 0 Å². The Morgan fingerprint density at radius 3 is 1.86 bits per heavy atom. The molecular formula is C51H32N4OS. The molecule has 0 aliphatic carbocycles. The molecule has 4 aromatic heterocycles. The van der Waals surface area contributed by atoms with Crippen LogP contribution in [-0.4, -0.2) is 19.5 Å². The molecule has 0 unspecified atom stereocenters. The standard InChI is InChI=1S/C51H32N4OS/c1-3-14-45-31(2)37-25-27-42-47(48(37)57-45)39-29-34(23-26-41(39)55(42)36-19-11-6-12-20-36)35-24-28-43-40(30-35)46-38(21-13-22-44(46)56-43)51-53-49(32-15-7-4-8-16-32)52-50(54-51)33-17-9-5-10-18-33/h3-30H,1-2H2/b45-14+. The van der Waals surface area contributed by atoms with E-state index in [0.717, 1.165) is 76.2 Å². The van der Waals surface area contributed by atoms with Crippen LogP contribution in [0, 0.1) is 0 Å². The number of thiophene rings is 1. The summed E-state index contributed by atoms with van der Waals surface area (Å²) >= 11 is 1.77. The van der Waals surface area contributed by atoms with E-state index in [1.165, 1.54) is 20.9 Å². The number of fused-ring (bicyclic) bond motifs is 8. The largest absolute Gasteiger partial charge is 0.456 e. The molecule has 11 rings (SSSR count). The lowest BCUT2D eigenvalue weighted by atomic mass is 9.99. The molecule has 0 aliphatic rings. The van der Waals surface area contributed by atoms with Crippen LogP contribution < -0.4 is 9.75 Å². The maximum atomic E-state index is 6.51. The van der Waals surface area contributed by atoms with Crippen LogP contribution in [0.3, 0.4) is 0 Å². The van der Waals surface area contributed by atoms with Crippen molar-refractivity contribution < 1.29 is 4.42 Å². The summed E-state index contributed by atoms with van der Waals surface area (Å²) in [5.74, 6) is 1.83. The predicted molar refractivity (Wildman–Crippen MR) is 238 cm³/mol. The van der Waals surface area contributed by atoms with Gasteiger partial charge in [-0.1, -0.05) is 128 Å². The van der Waals surface area contributed by atoms with Crippen LogP contribution in [-0.2, 0) is 0 Å². The lowest BCUT2D eigenvalue weighted by Gasteiger charge is -2.09. The van der Waals surface area contributed by atoms with Gasteiger partial charge in [-0.15, -0.1) is 11.3 Å². The first kappa shape index (κ1) is 33.0. The number of aromatic nitrogens is 4. The molecule has 6 heteroatoms. The van der Waals surface area contributed by atoms with Crippen LogP contribution in [0.4, 0.5) is 0 Å². The van der Waals surface area contributed by atoms with Crippen molar-refractivity contribution in [2.24, 2.45) is 0 Å². The lowest BCUT2D eigenvalue weighted by molar-refractivity contribution is 0.669. The number of allylic oxidation sites excluding steroid dienone is 1. The summed E-state index contributed by atoms with van der Waals surface area (Å²) in [5.41, 5.74) is 9.96. The summed E-state index contributed by atoms with van der Waals surface area (Å²) in [5, 5.41) is 6.58. The van der Waals surface area contributed by atoms with Gasteiger partial charge in [0, 0.05) is 58.5 Å². The topological polar surface area (TPSA) is 56.7 Å². The quantitative estimate of drug-likeness (QED) is 0.170. The molecule has 4 heterocycles. The molecular weight excluding hydrogens is 717 g/mol. The van der Waals surface area contributed by atoms with Crippen molar-refractivity contribution in [2.45, 2.75) is 0 Å². The molecule has 0 radical (unpaired) electrons. The number of benzene rings is 7. The highest BCUT2D eigenvalue weighted by Gasteiger charge is 2.20. The summed E-state index contributed by atoms with van der Waals surface area (Å²) in [6, 6.07) is 54.6. The van der Waals surface area contributed by atoms with Crippen LogP contribution in [0.25, 0.3) is 117 Å². The zero-order valence-corrected chi connectivity index (χ0v) is 31.5. The molecule has 11 aromatic rings. The van der Waals surface area contributed by atoms with Gasteiger partial charge in [-0.3, -0.25) is 0 Å². The van der Waals surface area contributed by atoms with Gasteiger partial charge in [-0.2, -0.15) is 0 Å². The molecule has 0 amide bonds. The van der Waals surface area contributed by atoms with Gasteiger partial charge in [0.15, 0.2) is 17.5 Å². The fourth-order valence-corrected chi connectivity index (χ4v) is 9.36. The first-order chi connectivity index (χ1) is 28.1. The van der Waals surface area contributed by atoms with Gasteiger partial charge in [0.1, 0.15) is 11.2 Å². The maximum Gasteiger partial charge on any atom is 0.164 e. The van der Waals surface area contributed by atoms with Gasteiger partial charge < -0.3 is 8.98 Å². The zero-order valence-electron chi connectivity index (χ0n) is 30.7. The van der Waals surface area contributed by atoms with Crippen molar-refractivity contribution in [3.05, 3.63) is 180 Å². The molecule has 268 valence electrons. The minimum atomic E-state index is 0.592. The first-order valence-electron chi connectivity index (χ1n) is 18.8. The molecule has 0 saturated heterocycles. The highest BCUT2D eigenvalue weighted by molar-refractivity contribution is 7.18. The fourth-order valence-electron chi connectivity index (χ4n) is 8.13. The van der Waals surface area contributed by atoms with Crippen molar-refractivity contribution >= 4 is 77.8 Å². The number of furan rings is 1. The van der Waals surface area contributed by atoms with Crippen molar-refractivity contribution in [3.8, 4) is 51.0 Å². The third kappa shape index (κ3) is 5.34. The minimum Gasteiger partial charge on any atom is -0.456 e. The highest BCUT2D eigenvalue weighted by atomic mass is 32.1. The Bertz CT molecular complexity index is 3430. The summed E-state index contributed by atoms with van der Waals surface area (Å²) in [6.07, 6.45) is 3.90. The summed E-state index contributed by atoms with van der Waals surface area (Å²) in [6.45, 7) is 8.43. The molecule has 7 aromatic carbocycles. The Kier molecular flexibility index (Phi) is 7.59. The lowest BCUT2D eigenvalue weighted by Crippen LogP contribution is -2.15.